The molecule has 1 N–H and O–H groups in total. The van der Waals surface area contributed by atoms with E-state index in [1.165, 1.54) is 0 Å². The van der Waals surface area contributed by atoms with Gasteiger partial charge in [-0.25, -0.2) is 0 Å². The van der Waals surface area contributed by atoms with Crippen molar-refractivity contribution in [1.29, 1.82) is 0 Å². The van der Waals surface area contributed by atoms with Crippen molar-refractivity contribution in [2.45, 2.75) is 60.8 Å². The fourth-order valence-corrected chi connectivity index (χ4v) is 3.33. The van der Waals surface area contributed by atoms with Gasteiger partial charge in [-0.05, 0) is 30.6 Å². The summed E-state index contributed by atoms with van der Waals surface area (Å²) in [4.78, 5) is 0. The molecule has 0 radical (unpaired) electrons. The van der Waals surface area contributed by atoms with Gasteiger partial charge in [0.15, 0.2) is 0 Å². The second-order valence-corrected chi connectivity index (χ2v) is 10.0. The van der Waals surface area contributed by atoms with Gasteiger partial charge in [0.25, 0.3) is 0 Å². The molecule has 0 aromatic carbocycles. The molecule has 0 aliphatic carbocycles. The van der Waals surface area contributed by atoms with Gasteiger partial charge in [0.1, 0.15) is 0 Å². The molecule has 0 rings (SSSR count). The highest BCUT2D eigenvalue weighted by Crippen LogP contribution is 2.22. The number of hydrogen-bond acceptors (Lipinski definition) is 5. The van der Waals surface area contributed by atoms with Crippen LogP contribution in [0.4, 0.5) is 0 Å². The fourth-order valence-electron chi connectivity index (χ4n) is 1.20. The Bertz CT molecular complexity index is 216. The summed E-state index contributed by atoms with van der Waals surface area (Å²) in [6, 6.07) is 0. The molecule has 0 saturated heterocycles. The molecule has 0 aliphatic heterocycles. The van der Waals surface area contributed by atoms with E-state index in [2.05, 4.69) is 41.5 Å². The average Bonchev–Trinajstić information content (AvgIpc) is 2.42. The van der Waals surface area contributed by atoms with Gasteiger partial charge < -0.3 is 14.6 Å². The van der Waals surface area contributed by atoms with Gasteiger partial charge in [-0.1, -0.05) is 63.1 Å². The van der Waals surface area contributed by atoms with Crippen molar-refractivity contribution in [3.8, 4) is 0 Å². The van der Waals surface area contributed by atoms with Crippen LogP contribution in [0.15, 0.2) is 0 Å². The van der Waals surface area contributed by atoms with E-state index in [9.17, 15) is 0 Å². The lowest BCUT2D eigenvalue weighted by Gasteiger charge is -2.17. The lowest BCUT2D eigenvalue weighted by Crippen LogP contribution is -2.10. The molecule has 23 heavy (non-hydrogen) atoms. The van der Waals surface area contributed by atoms with Crippen LogP contribution in [0.1, 0.15) is 60.8 Å². The molecular formula is C18H40O3S2. The van der Waals surface area contributed by atoms with Crippen molar-refractivity contribution in [3.63, 3.8) is 0 Å². The Hall–Kier alpha value is 0.580. The zero-order valence-electron chi connectivity index (χ0n) is 16.2. The van der Waals surface area contributed by atoms with Crippen molar-refractivity contribution in [2.75, 3.05) is 44.5 Å². The lowest BCUT2D eigenvalue weighted by molar-refractivity contribution is 0.0933. The van der Waals surface area contributed by atoms with Gasteiger partial charge in [-0.3, -0.25) is 0 Å². The number of ether oxygens (including phenoxy) is 2. The molecule has 0 bridgehead atoms. The van der Waals surface area contributed by atoms with E-state index in [0.717, 1.165) is 56.5 Å². The third-order valence-corrected chi connectivity index (χ3v) is 4.93. The first kappa shape index (κ1) is 25.8. The van der Waals surface area contributed by atoms with E-state index in [-0.39, 0.29) is 6.61 Å². The van der Waals surface area contributed by atoms with Crippen molar-refractivity contribution in [3.05, 3.63) is 0 Å². The van der Waals surface area contributed by atoms with Gasteiger partial charge in [-0.15, -0.1) is 0 Å². The minimum Gasteiger partial charge on any atom is -0.394 e. The summed E-state index contributed by atoms with van der Waals surface area (Å²) >= 11 is 0. The Kier molecular flexibility index (Phi) is 21.2. The van der Waals surface area contributed by atoms with Crippen molar-refractivity contribution in [1.82, 2.24) is 0 Å². The van der Waals surface area contributed by atoms with E-state index in [1.54, 1.807) is 0 Å². The van der Waals surface area contributed by atoms with Crippen LogP contribution in [0.2, 0.25) is 0 Å². The highest BCUT2D eigenvalue weighted by Gasteiger charge is 2.08. The van der Waals surface area contributed by atoms with E-state index < -0.39 is 0 Å². The Morgan fingerprint density at radius 3 is 1.65 bits per heavy atom. The van der Waals surface area contributed by atoms with Crippen LogP contribution in [-0.2, 0) is 9.47 Å². The number of rotatable bonds is 13. The number of hydrogen-bond donors (Lipinski definition) is 1. The molecule has 0 aliphatic rings. The summed E-state index contributed by atoms with van der Waals surface area (Å²) in [5, 5.41) is 8.53. The average molecular weight is 369 g/mol. The molecule has 5 heteroatoms. The molecule has 0 aromatic rings. The minimum absolute atomic E-state index is 0.122. The molecule has 142 valence electrons. The summed E-state index contributed by atoms with van der Waals surface area (Å²) in [6.45, 7) is 16.3. The molecule has 0 heterocycles. The number of aliphatic hydroxyl groups excluding tert-OH is 1. The van der Waals surface area contributed by atoms with Crippen LogP contribution in [0.5, 0.6) is 0 Å². The Balaban J connectivity index is 0. The summed E-state index contributed by atoms with van der Waals surface area (Å²) in [6.07, 6.45) is 3.31. The van der Waals surface area contributed by atoms with Crippen LogP contribution in [0, 0.1) is 11.3 Å². The first-order valence-electron chi connectivity index (χ1n) is 8.80. The highest BCUT2D eigenvalue weighted by molar-refractivity contribution is 8.76. The molecule has 0 unspecified atom stereocenters. The van der Waals surface area contributed by atoms with E-state index in [4.69, 9.17) is 14.6 Å². The maximum Gasteiger partial charge on any atom is 0.0697 e. The summed E-state index contributed by atoms with van der Waals surface area (Å²) < 4.78 is 10.8. The van der Waals surface area contributed by atoms with Crippen molar-refractivity contribution >= 4 is 21.6 Å². The van der Waals surface area contributed by atoms with Crippen molar-refractivity contribution < 1.29 is 14.6 Å². The zero-order valence-corrected chi connectivity index (χ0v) is 17.9. The van der Waals surface area contributed by atoms with Crippen LogP contribution in [0.25, 0.3) is 0 Å². The standard InChI is InChI=1S/C14H30O3S2.C4H10/c1-14(2,3)6-10-16-8-4-12-18-19-13-5-9-17-11-7-15;1-4(2)3/h15H,4-13H2,1-3H3;4H,1-3H3. The molecule has 0 spiro atoms. The molecule has 3 nitrogen and oxygen atoms in total. The second kappa shape index (κ2) is 18.9. The molecule has 0 saturated carbocycles. The molecular weight excluding hydrogens is 328 g/mol. The molecule has 0 amide bonds. The maximum atomic E-state index is 8.53. The van der Waals surface area contributed by atoms with Gasteiger partial charge in [0.05, 0.1) is 13.2 Å². The van der Waals surface area contributed by atoms with Gasteiger partial charge in [0.2, 0.25) is 0 Å². The predicted molar refractivity (Wildman–Crippen MR) is 107 cm³/mol. The van der Waals surface area contributed by atoms with Crippen molar-refractivity contribution in [2.24, 2.45) is 11.3 Å². The van der Waals surface area contributed by atoms with Crippen LogP contribution in [-0.4, -0.2) is 49.6 Å². The summed E-state index contributed by atoms with van der Waals surface area (Å²) in [5.41, 5.74) is 0.378. The fraction of sp³-hybridized carbons (Fsp3) is 1.00. The van der Waals surface area contributed by atoms with Crippen LogP contribution >= 0.6 is 21.6 Å². The normalized spacial score (nSPS) is 11.5. The lowest BCUT2D eigenvalue weighted by atomic mass is 9.93. The smallest absolute Gasteiger partial charge is 0.0697 e. The second-order valence-electron chi connectivity index (χ2n) is 7.34. The third kappa shape index (κ3) is 34.8. The highest BCUT2D eigenvalue weighted by atomic mass is 33.1. The Morgan fingerprint density at radius 1 is 0.826 bits per heavy atom. The largest absolute Gasteiger partial charge is 0.394 e. The third-order valence-electron chi connectivity index (χ3n) is 2.35. The molecule has 0 aromatic heterocycles. The Morgan fingerprint density at radius 2 is 1.26 bits per heavy atom. The SMILES string of the molecule is CC(C)(C)CCOCCCSSCCCOCCO.CC(C)C. The maximum absolute atomic E-state index is 8.53. The first-order valence-corrected chi connectivity index (χ1v) is 11.3. The van der Waals surface area contributed by atoms with E-state index >= 15 is 0 Å². The first-order chi connectivity index (χ1) is 10.8. The monoisotopic (exact) mass is 368 g/mol. The summed E-state index contributed by atoms with van der Waals surface area (Å²) in [7, 11) is 3.81. The van der Waals surface area contributed by atoms with Gasteiger partial charge in [0, 0.05) is 31.3 Å². The topological polar surface area (TPSA) is 38.7 Å². The van der Waals surface area contributed by atoms with Gasteiger partial charge in [-0.2, -0.15) is 0 Å². The predicted octanol–water partition coefficient (Wildman–Crippen LogP) is 5.27. The molecule has 0 atom stereocenters. The Labute approximate surface area is 153 Å². The van der Waals surface area contributed by atoms with E-state index in [0.29, 0.717) is 12.0 Å². The van der Waals surface area contributed by atoms with Gasteiger partial charge >= 0.3 is 0 Å². The minimum atomic E-state index is 0.122. The van der Waals surface area contributed by atoms with Crippen LogP contribution in [0.3, 0.4) is 0 Å². The van der Waals surface area contributed by atoms with E-state index in [1.807, 2.05) is 21.6 Å². The zero-order chi connectivity index (χ0) is 18.0. The summed E-state index contributed by atoms with van der Waals surface area (Å²) in [5.74, 6) is 3.10. The van der Waals surface area contributed by atoms with Crippen LogP contribution < -0.4 is 0 Å². The quantitative estimate of drug-likeness (QED) is 0.354. The number of aliphatic hydroxyl groups is 1. The molecule has 0 fully saturated rings.